The second kappa shape index (κ2) is 6.36. The van der Waals surface area contributed by atoms with Crippen LogP contribution in [0.2, 0.25) is 0 Å². The molecule has 1 aliphatic heterocycles. The Labute approximate surface area is 118 Å². The Bertz CT molecular complexity index is 478. The van der Waals surface area contributed by atoms with Gasteiger partial charge in [-0.1, -0.05) is 6.07 Å². The van der Waals surface area contributed by atoms with Crippen molar-refractivity contribution in [1.82, 2.24) is 14.8 Å². The van der Waals surface area contributed by atoms with E-state index in [4.69, 9.17) is 5.11 Å². The van der Waals surface area contributed by atoms with Crippen molar-refractivity contribution in [2.45, 2.75) is 19.4 Å². The minimum atomic E-state index is -0.822. The summed E-state index contributed by atoms with van der Waals surface area (Å²) < 4.78 is 0. The molecular formula is C14H19N3O3. The number of amides is 2. The lowest BCUT2D eigenvalue weighted by atomic mass is 9.99. The summed E-state index contributed by atoms with van der Waals surface area (Å²) in [5.41, 5.74) is 0.954. The molecule has 0 bridgehead atoms. The van der Waals surface area contributed by atoms with Gasteiger partial charge in [-0.25, -0.2) is 4.79 Å². The molecule has 2 amide bonds. The molecule has 1 aliphatic rings. The van der Waals surface area contributed by atoms with Gasteiger partial charge in [-0.15, -0.1) is 0 Å². The highest BCUT2D eigenvalue weighted by Gasteiger charge is 2.29. The van der Waals surface area contributed by atoms with Crippen LogP contribution in [0, 0.1) is 5.92 Å². The van der Waals surface area contributed by atoms with E-state index in [1.54, 1.807) is 29.2 Å². The molecule has 1 N–H and O–H groups in total. The molecule has 2 heterocycles. The molecule has 1 fully saturated rings. The number of aliphatic carboxylic acids is 1. The van der Waals surface area contributed by atoms with Crippen molar-refractivity contribution >= 4 is 12.0 Å². The van der Waals surface area contributed by atoms with Gasteiger partial charge in [0.2, 0.25) is 0 Å². The Kier molecular flexibility index (Phi) is 4.55. The van der Waals surface area contributed by atoms with Crippen LogP contribution in [0.1, 0.15) is 18.4 Å². The third kappa shape index (κ3) is 3.46. The lowest BCUT2D eigenvalue weighted by Crippen LogP contribution is -2.47. The number of rotatable bonds is 3. The maximum absolute atomic E-state index is 12.3. The summed E-state index contributed by atoms with van der Waals surface area (Å²) in [5.74, 6) is -1.27. The van der Waals surface area contributed by atoms with Crippen LogP contribution in [0.25, 0.3) is 0 Å². The van der Waals surface area contributed by atoms with Crippen LogP contribution in [-0.4, -0.2) is 52.0 Å². The smallest absolute Gasteiger partial charge is 0.320 e. The monoisotopic (exact) mass is 277 g/mol. The van der Waals surface area contributed by atoms with Crippen molar-refractivity contribution in [1.29, 1.82) is 0 Å². The number of hydrogen-bond donors (Lipinski definition) is 1. The standard InChI is InChI=1S/C14H19N3O3/c1-16(9-11-4-2-6-15-8-11)14(20)17-7-3-5-12(10-17)13(18)19/h2,4,6,8,12H,3,5,7,9-10H2,1H3,(H,18,19). The number of nitrogens with zero attached hydrogens (tertiary/aromatic N) is 3. The van der Waals surface area contributed by atoms with Crippen molar-refractivity contribution in [3.63, 3.8) is 0 Å². The van der Waals surface area contributed by atoms with Crippen molar-refractivity contribution in [3.8, 4) is 0 Å². The number of aromatic nitrogens is 1. The number of carbonyl (C=O) groups is 2. The predicted molar refractivity (Wildman–Crippen MR) is 73.0 cm³/mol. The molecule has 1 saturated heterocycles. The quantitative estimate of drug-likeness (QED) is 0.907. The van der Waals surface area contributed by atoms with Gasteiger partial charge in [0.25, 0.3) is 0 Å². The number of hydrogen-bond acceptors (Lipinski definition) is 3. The molecule has 6 nitrogen and oxygen atoms in total. The molecule has 1 aromatic heterocycles. The van der Waals surface area contributed by atoms with Crippen LogP contribution in [-0.2, 0) is 11.3 Å². The summed E-state index contributed by atoms with van der Waals surface area (Å²) >= 11 is 0. The van der Waals surface area contributed by atoms with Crippen LogP contribution in [0.15, 0.2) is 24.5 Å². The van der Waals surface area contributed by atoms with Gasteiger partial charge in [-0.3, -0.25) is 9.78 Å². The fraction of sp³-hybridized carbons (Fsp3) is 0.500. The molecule has 1 aromatic rings. The lowest BCUT2D eigenvalue weighted by Gasteiger charge is -2.33. The molecule has 20 heavy (non-hydrogen) atoms. The van der Waals surface area contributed by atoms with Gasteiger partial charge in [-0.2, -0.15) is 0 Å². The first-order valence-electron chi connectivity index (χ1n) is 6.69. The van der Waals surface area contributed by atoms with Crippen LogP contribution >= 0.6 is 0 Å². The van der Waals surface area contributed by atoms with E-state index in [9.17, 15) is 9.59 Å². The third-order valence-corrected chi connectivity index (χ3v) is 3.51. The van der Waals surface area contributed by atoms with Crippen molar-refractivity contribution in [3.05, 3.63) is 30.1 Å². The zero-order valence-electron chi connectivity index (χ0n) is 11.5. The number of carboxylic acid groups (broad SMARTS) is 1. The van der Waals surface area contributed by atoms with Gasteiger partial charge in [0.1, 0.15) is 0 Å². The third-order valence-electron chi connectivity index (χ3n) is 3.51. The average molecular weight is 277 g/mol. The number of carboxylic acids is 1. The first kappa shape index (κ1) is 14.3. The normalized spacial score (nSPS) is 18.6. The van der Waals surface area contributed by atoms with Crippen molar-refractivity contribution in [2.75, 3.05) is 20.1 Å². The van der Waals surface area contributed by atoms with E-state index in [1.807, 2.05) is 12.1 Å². The molecular weight excluding hydrogens is 258 g/mol. The summed E-state index contributed by atoms with van der Waals surface area (Å²) in [7, 11) is 1.72. The zero-order valence-corrected chi connectivity index (χ0v) is 11.5. The predicted octanol–water partition coefficient (Wildman–Crippen LogP) is 1.43. The molecule has 108 valence electrons. The molecule has 0 spiro atoms. The molecule has 1 atom stereocenters. The van der Waals surface area contributed by atoms with Crippen molar-refractivity contribution in [2.24, 2.45) is 5.92 Å². The highest BCUT2D eigenvalue weighted by molar-refractivity contribution is 5.76. The van der Waals surface area contributed by atoms with Crippen LogP contribution in [0.5, 0.6) is 0 Å². The summed E-state index contributed by atoms with van der Waals surface area (Å²) in [5, 5.41) is 9.05. The first-order valence-corrected chi connectivity index (χ1v) is 6.69. The number of urea groups is 1. The Hall–Kier alpha value is -2.11. The second-order valence-corrected chi connectivity index (χ2v) is 5.12. The molecule has 0 aliphatic carbocycles. The molecule has 0 saturated carbocycles. The SMILES string of the molecule is CN(Cc1cccnc1)C(=O)N1CCCC(C(=O)O)C1. The van der Waals surface area contributed by atoms with Crippen molar-refractivity contribution < 1.29 is 14.7 Å². The van der Waals surface area contributed by atoms with Gasteiger partial charge in [-0.05, 0) is 24.5 Å². The van der Waals surface area contributed by atoms with Gasteiger partial charge in [0, 0.05) is 39.1 Å². The first-order chi connectivity index (χ1) is 9.58. The fourth-order valence-electron chi connectivity index (χ4n) is 2.43. The zero-order chi connectivity index (χ0) is 14.5. The maximum Gasteiger partial charge on any atom is 0.320 e. The minimum absolute atomic E-state index is 0.125. The maximum atomic E-state index is 12.3. The largest absolute Gasteiger partial charge is 0.481 e. The van der Waals surface area contributed by atoms with E-state index in [0.29, 0.717) is 26.1 Å². The topological polar surface area (TPSA) is 73.7 Å². The minimum Gasteiger partial charge on any atom is -0.481 e. The lowest BCUT2D eigenvalue weighted by molar-refractivity contribution is -0.143. The number of piperidine rings is 1. The summed E-state index contributed by atoms with van der Waals surface area (Å²) in [6, 6.07) is 3.61. The van der Waals surface area contributed by atoms with Crippen LogP contribution < -0.4 is 0 Å². The van der Waals surface area contributed by atoms with E-state index >= 15 is 0 Å². The average Bonchev–Trinajstić information content (AvgIpc) is 2.47. The molecule has 2 rings (SSSR count). The van der Waals surface area contributed by atoms with E-state index < -0.39 is 11.9 Å². The molecule has 1 unspecified atom stereocenters. The second-order valence-electron chi connectivity index (χ2n) is 5.12. The van der Waals surface area contributed by atoms with Crippen LogP contribution in [0.3, 0.4) is 0 Å². The van der Waals surface area contributed by atoms with E-state index in [0.717, 1.165) is 12.0 Å². The molecule has 0 aromatic carbocycles. The van der Waals surface area contributed by atoms with Gasteiger partial charge >= 0.3 is 12.0 Å². The van der Waals surface area contributed by atoms with E-state index in [-0.39, 0.29) is 6.03 Å². The van der Waals surface area contributed by atoms with Crippen LogP contribution in [0.4, 0.5) is 4.79 Å². The van der Waals surface area contributed by atoms with E-state index in [1.165, 1.54) is 0 Å². The Balaban J connectivity index is 1.94. The number of likely N-dealkylation sites (tertiary alicyclic amines) is 1. The Morgan fingerprint density at radius 1 is 1.55 bits per heavy atom. The van der Waals surface area contributed by atoms with E-state index in [2.05, 4.69) is 4.98 Å². The van der Waals surface area contributed by atoms with Gasteiger partial charge < -0.3 is 14.9 Å². The highest BCUT2D eigenvalue weighted by atomic mass is 16.4. The van der Waals surface area contributed by atoms with Gasteiger partial charge in [0.15, 0.2) is 0 Å². The summed E-state index contributed by atoms with van der Waals surface area (Å²) in [4.78, 5) is 30.6. The molecule has 6 heteroatoms. The van der Waals surface area contributed by atoms with Gasteiger partial charge in [0.05, 0.1) is 5.92 Å². The highest BCUT2D eigenvalue weighted by Crippen LogP contribution is 2.18. The fourth-order valence-corrected chi connectivity index (χ4v) is 2.43. The number of pyridine rings is 1. The number of carbonyl (C=O) groups excluding carboxylic acids is 1. The Morgan fingerprint density at radius 3 is 3.00 bits per heavy atom. The Morgan fingerprint density at radius 2 is 2.35 bits per heavy atom. The summed E-state index contributed by atoms with van der Waals surface area (Å²) in [6.45, 7) is 1.40. The molecule has 0 radical (unpaired) electrons. The summed E-state index contributed by atoms with van der Waals surface area (Å²) in [6.07, 6.45) is 4.79.